The second-order valence-corrected chi connectivity index (χ2v) is 7.67. The first-order valence-corrected chi connectivity index (χ1v) is 9.94. The van der Waals surface area contributed by atoms with Gasteiger partial charge in [-0.15, -0.1) is 0 Å². The van der Waals surface area contributed by atoms with Crippen molar-refractivity contribution >= 4 is 55.8 Å². The highest BCUT2D eigenvalue weighted by Crippen LogP contribution is 2.33. The van der Waals surface area contributed by atoms with Crippen molar-refractivity contribution in [2.24, 2.45) is 0 Å². The van der Waals surface area contributed by atoms with Crippen LogP contribution in [0.15, 0.2) is 36.4 Å². The van der Waals surface area contributed by atoms with E-state index in [4.69, 9.17) is 27.9 Å². The monoisotopic (exact) mass is 408 g/mol. The first kappa shape index (κ1) is 19.0. The van der Waals surface area contributed by atoms with E-state index in [1.54, 1.807) is 30.3 Å². The van der Waals surface area contributed by atoms with Crippen LogP contribution in [-0.4, -0.2) is 17.5 Å². The molecule has 7 heteroatoms. The summed E-state index contributed by atoms with van der Waals surface area (Å²) in [5.41, 5.74) is 1.14. The lowest BCUT2D eigenvalue weighted by Crippen LogP contribution is -2.11. The average molecular weight is 409 g/mol. The van der Waals surface area contributed by atoms with Crippen molar-refractivity contribution in [3.63, 3.8) is 0 Å². The lowest BCUT2D eigenvalue weighted by Gasteiger charge is -2.07. The first-order valence-electron chi connectivity index (χ1n) is 8.36. The molecule has 0 aliphatic rings. The average Bonchev–Trinajstić information content (AvgIpc) is 3.01. The number of carbonyl (C=O) groups excluding carboxylic acids is 1. The summed E-state index contributed by atoms with van der Waals surface area (Å²) in [5.74, 6) is 0.443. The molecule has 0 radical (unpaired) electrons. The van der Waals surface area contributed by atoms with E-state index in [9.17, 15) is 4.79 Å². The molecule has 0 bridgehead atoms. The summed E-state index contributed by atoms with van der Waals surface area (Å²) in [6.45, 7) is 2.80. The molecule has 0 aliphatic heterocycles. The van der Waals surface area contributed by atoms with Gasteiger partial charge in [-0.1, -0.05) is 60.4 Å². The summed E-state index contributed by atoms with van der Waals surface area (Å²) in [4.78, 5) is 16.9. The number of anilines is 1. The van der Waals surface area contributed by atoms with Crippen molar-refractivity contribution in [3.8, 4) is 5.75 Å². The maximum Gasteiger partial charge on any atom is 0.257 e. The van der Waals surface area contributed by atoms with Gasteiger partial charge in [0.15, 0.2) is 5.13 Å². The number of nitrogens with one attached hydrogen (secondary N) is 1. The fourth-order valence-corrected chi connectivity index (χ4v) is 4.03. The molecule has 26 heavy (non-hydrogen) atoms. The highest BCUT2D eigenvalue weighted by molar-refractivity contribution is 7.22. The van der Waals surface area contributed by atoms with Crippen LogP contribution in [0.4, 0.5) is 5.13 Å². The molecule has 2 aromatic carbocycles. The molecule has 0 spiro atoms. The Bertz CT molecular complexity index is 927. The Morgan fingerprint density at radius 1 is 1.23 bits per heavy atom. The zero-order valence-corrected chi connectivity index (χ0v) is 16.5. The Kier molecular flexibility index (Phi) is 6.35. The molecule has 0 saturated carbocycles. The number of hydrogen-bond acceptors (Lipinski definition) is 4. The second kappa shape index (κ2) is 8.71. The molecule has 0 saturated heterocycles. The Labute approximate surface area is 166 Å². The maximum absolute atomic E-state index is 12.5. The summed E-state index contributed by atoms with van der Waals surface area (Å²) >= 11 is 13.5. The van der Waals surface area contributed by atoms with Crippen molar-refractivity contribution in [3.05, 3.63) is 52.0 Å². The van der Waals surface area contributed by atoms with Crippen LogP contribution >= 0.6 is 34.5 Å². The highest BCUT2D eigenvalue weighted by atomic mass is 35.5. The number of thiazole rings is 1. The minimum atomic E-state index is -0.245. The minimum Gasteiger partial charge on any atom is -0.494 e. The molecule has 136 valence electrons. The van der Waals surface area contributed by atoms with Crippen LogP contribution in [0.3, 0.4) is 0 Å². The third-order valence-corrected chi connectivity index (χ3v) is 5.17. The van der Waals surface area contributed by atoms with E-state index in [1.807, 2.05) is 6.07 Å². The normalized spacial score (nSPS) is 10.9. The van der Waals surface area contributed by atoms with Gasteiger partial charge < -0.3 is 4.74 Å². The molecule has 1 amide bonds. The highest BCUT2D eigenvalue weighted by Gasteiger charge is 2.13. The van der Waals surface area contributed by atoms with Crippen molar-refractivity contribution in [1.29, 1.82) is 0 Å². The zero-order chi connectivity index (χ0) is 18.5. The van der Waals surface area contributed by atoms with Crippen molar-refractivity contribution in [1.82, 2.24) is 4.98 Å². The smallest absolute Gasteiger partial charge is 0.257 e. The van der Waals surface area contributed by atoms with Gasteiger partial charge in [0.1, 0.15) is 11.3 Å². The molecular weight excluding hydrogens is 391 g/mol. The number of halogens is 2. The maximum atomic E-state index is 12.5. The molecule has 1 aromatic heterocycles. The topological polar surface area (TPSA) is 51.2 Å². The van der Waals surface area contributed by atoms with Crippen LogP contribution < -0.4 is 10.1 Å². The number of aromatic nitrogens is 1. The minimum absolute atomic E-state index is 0.245. The van der Waals surface area contributed by atoms with E-state index in [-0.39, 0.29) is 5.91 Å². The van der Waals surface area contributed by atoms with Gasteiger partial charge in [-0.25, -0.2) is 4.98 Å². The van der Waals surface area contributed by atoms with E-state index < -0.39 is 0 Å². The number of benzene rings is 2. The van der Waals surface area contributed by atoms with Crippen molar-refractivity contribution in [2.45, 2.75) is 26.2 Å². The van der Waals surface area contributed by atoms with Gasteiger partial charge in [-0.3, -0.25) is 10.1 Å². The van der Waals surface area contributed by atoms with Gasteiger partial charge in [-0.2, -0.15) is 0 Å². The largest absolute Gasteiger partial charge is 0.494 e. The molecule has 1 N–H and O–H groups in total. The molecular formula is C19H18Cl2N2O2S. The quantitative estimate of drug-likeness (QED) is 0.458. The number of carbonyl (C=O) groups is 1. The third kappa shape index (κ3) is 4.67. The lowest BCUT2D eigenvalue weighted by atomic mass is 10.2. The zero-order valence-electron chi connectivity index (χ0n) is 14.2. The number of hydrogen-bond donors (Lipinski definition) is 1. The molecule has 3 rings (SSSR count). The standard InChI is InChI=1S/C19H18Cl2N2O2S/c1-2-3-4-8-25-14-7-5-6-12(9-14)18(24)23-19-22-17-15(21)10-13(20)11-16(17)26-19/h5-7,9-11H,2-4,8H2,1H3,(H,22,23,24). The van der Waals surface area contributed by atoms with Gasteiger partial charge in [-0.05, 0) is 36.8 Å². The Balaban J connectivity index is 1.71. The van der Waals surface area contributed by atoms with Gasteiger partial charge in [0, 0.05) is 10.6 Å². The lowest BCUT2D eigenvalue weighted by molar-refractivity contribution is 0.102. The number of ether oxygens (including phenoxy) is 1. The fraction of sp³-hybridized carbons (Fsp3) is 0.263. The Hall–Kier alpha value is -1.82. The third-order valence-electron chi connectivity index (χ3n) is 3.75. The predicted molar refractivity (Wildman–Crippen MR) is 109 cm³/mol. The molecule has 4 nitrogen and oxygen atoms in total. The predicted octanol–water partition coefficient (Wildman–Crippen LogP) is 6.42. The van der Waals surface area contributed by atoms with Crippen LogP contribution in [0, 0.1) is 0 Å². The molecule has 3 aromatic rings. The number of fused-ring (bicyclic) bond motifs is 1. The summed E-state index contributed by atoms with van der Waals surface area (Å²) in [6.07, 6.45) is 3.27. The number of nitrogens with zero attached hydrogens (tertiary/aromatic N) is 1. The molecule has 0 atom stereocenters. The van der Waals surface area contributed by atoms with Crippen molar-refractivity contribution < 1.29 is 9.53 Å². The molecule has 0 fully saturated rings. The summed E-state index contributed by atoms with van der Waals surface area (Å²) in [7, 11) is 0. The van der Waals surface area contributed by atoms with E-state index in [1.165, 1.54) is 11.3 Å². The Morgan fingerprint density at radius 3 is 2.88 bits per heavy atom. The first-order chi connectivity index (χ1) is 12.6. The van der Waals surface area contributed by atoms with Crippen LogP contribution in [0.1, 0.15) is 36.5 Å². The summed E-state index contributed by atoms with van der Waals surface area (Å²) in [5, 5.41) is 4.29. The van der Waals surface area contributed by atoms with Gasteiger partial charge in [0.2, 0.25) is 0 Å². The molecule has 0 aliphatic carbocycles. The van der Waals surface area contributed by atoms with Gasteiger partial charge >= 0.3 is 0 Å². The van der Waals surface area contributed by atoms with E-state index in [0.717, 1.165) is 24.0 Å². The number of amides is 1. The van der Waals surface area contributed by atoms with E-state index in [2.05, 4.69) is 17.2 Å². The van der Waals surface area contributed by atoms with Crippen LogP contribution in [0.5, 0.6) is 5.75 Å². The summed E-state index contributed by atoms with van der Waals surface area (Å²) in [6, 6.07) is 10.5. The van der Waals surface area contributed by atoms with Crippen LogP contribution in [0.2, 0.25) is 10.0 Å². The van der Waals surface area contributed by atoms with Gasteiger partial charge in [0.05, 0.1) is 16.3 Å². The van der Waals surface area contributed by atoms with Crippen LogP contribution in [-0.2, 0) is 0 Å². The Morgan fingerprint density at radius 2 is 2.08 bits per heavy atom. The summed E-state index contributed by atoms with van der Waals surface area (Å²) < 4.78 is 6.53. The van der Waals surface area contributed by atoms with Crippen molar-refractivity contribution in [2.75, 3.05) is 11.9 Å². The number of unbranched alkanes of at least 4 members (excludes halogenated alkanes) is 2. The molecule has 0 unspecified atom stereocenters. The van der Waals surface area contributed by atoms with Gasteiger partial charge in [0.25, 0.3) is 5.91 Å². The van der Waals surface area contributed by atoms with E-state index in [0.29, 0.717) is 38.6 Å². The number of rotatable bonds is 7. The fourth-order valence-electron chi connectivity index (χ4n) is 2.45. The van der Waals surface area contributed by atoms with Crippen LogP contribution in [0.25, 0.3) is 10.2 Å². The molecule has 1 heterocycles. The second-order valence-electron chi connectivity index (χ2n) is 5.79. The SMILES string of the molecule is CCCCCOc1cccc(C(=O)Nc2nc3c(Cl)cc(Cl)cc3s2)c1. The van der Waals surface area contributed by atoms with E-state index >= 15 is 0 Å².